The average Bonchev–Trinajstić information content (AvgIpc) is 3.16. The molecule has 2 aromatic heterocycles. The first kappa shape index (κ1) is 18.5. The number of fused-ring (bicyclic) bond motifs is 1. The monoisotopic (exact) mass is 388 g/mol. The van der Waals surface area contributed by atoms with Crippen molar-refractivity contribution in [3.63, 3.8) is 0 Å². The van der Waals surface area contributed by atoms with Crippen LogP contribution < -0.4 is 15.6 Å². The van der Waals surface area contributed by atoms with Gasteiger partial charge in [-0.1, -0.05) is 36.4 Å². The third-order valence-corrected chi connectivity index (χ3v) is 4.62. The fourth-order valence-electron chi connectivity index (χ4n) is 3.16. The molecule has 0 atom stereocenters. The van der Waals surface area contributed by atoms with Crippen molar-refractivity contribution < 1.29 is 9.53 Å². The van der Waals surface area contributed by atoms with Gasteiger partial charge in [0.1, 0.15) is 17.8 Å². The number of carbonyl (C=O) groups excluding carboxylic acids is 1. The number of hydrogen-bond donors (Lipinski definition) is 1. The van der Waals surface area contributed by atoms with Gasteiger partial charge in [0.15, 0.2) is 0 Å². The molecule has 1 N–H and O–H groups in total. The number of benzene rings is 2. The van der Waals surface area contributed by atoms with Crippen LogP contribution in [-0.2, 0) is 11.3 Å². The molecule has 2 heterocycles. The molecule has 0 unspecified atom stereocenters. The summed E-state index contributed by atoms with van der Waals surface area (Å²) in [5.74, 6) is 0.248. The SMILES string of the molecule is COc1ccc(C)cc1NC(=O)Cn1ccn2nc(-c3ccccc3)cc2c1=O. The van der Waals surface area contributed by atoms with Gasteiger partial charge in [0, 0.05) is 18.0 Å². The van der Waals surface area contributed by atoms with Gasteiger partial charge in [-0.05, 0) is 30.7 Å². The second kappa shape index (κ2) is 7.63. The maximum absolute atomic E-state index is 12.8. The van der Waals surface area contributed by atoms with Crippen molar-refractivity contribution in [2.45, 2.75) is 13.5 Å². The first-order valence-corrected chi connectivity index (χ1v) is 9.14. The summed E-state index contributed by atoms with van der Waals surface area (Å²) in [6.45, 7) is 1.82. The smallest absolute Gasteiger partial charge is 0.277 e. The van der Waals surface area contributed by atoms with Gasteiger partial charge in [0.25, 0.3) is 5.56 Å². The average molecular weight is 388 g/mol. The number of anilines is 1. The van der Waals surface area contributed by atoms with E-state index in [9.17, 15) is 9.59 Å². The molecule has 2 aromatic carbocycles. The Hall–Kier alpha value is -3.87. The van der Waals surface area contributed by atoms with Crippen molar-refractivity contribution in [3.05, 3.63) is 82.9 Å². The van der Waals surface area contributed by atoms with Crippen molar-refractivity contribution in [1.82, 2.24) is 14.2 Å². The lowest BCUT2D eigenvalue weighted by atomic mass is 10.1. The zero-order valence-electron chi connectivity index (χ0n) is 16.1. The number of amides is 1. The number of methoxy groups -OCH3 is 1. The number of aryl methyl sites for hydroxylation is 1. The van der Waals surface area contributed by atoms with Gasteiger partial charge in [-0.2, -0.15) is 5.10 Å². The minimum absolute atomic E-state index is 0.113. The van der Waals surface area contributed by atoms with Crippen LogP contribution in [0.1, 0.15) is 5.56 Å². The fourth-order valence-corrected chi connectivity index (χ4v) is 3.16. The van der Waals surface area contributed by atoms with E-state index >= 15 is 0 Å². The Bertz CT molecular complexity index is 1240. The van der Waals surface area contributed by atoms with E-state index in [1.54, 1.807) is 31.6 Å². The summed E-state index contributed by atoms with van der Waals surface area (Å²) in [7, 11) is 1.54. The highest BCUT2D eigenvalue weighted by Gasteiger charge is 2.13. The maximum Gasteiger partial charge on any atom is 0.277 e. The van der Waals surface area contributed by atoms with Crippen LogP contribution in [0, 0.1) is 6.92 Å². The van der Waals surface area contributed by atoms with Gasteiger partial charge in [0.05, 0.1) is 18.5 Å². The molecule has 7 nitrogen and oxygen atoms in total. The van der Waals surface area contributed by atoms with Gasteiger partial charge >= 0.3 is 0 Å². The molecule has 0 aliphatic rings. The first-order chi connectivity index (χ1) is 14.0. The summed E-state index contributed by atoms with van der Waals surface area (Å²) >= 11 is 0. The number of ether oxygens (including phenoxy) is 1. The van der Waals surface area contributed by atoms with Crippen LogP contribution in [0.15, 0.2) is 71.8 Å². The van der Waals surface area contributed by atoms with Crippen molar-refractivity contribution in [2.75, 3.05) is 12.4 Å². The van der Waals surface area contributed by atoms with Crippen molar-refractivity contribution >= 4 is 17.1 Å². The standard InChI is InChI=1S/C22H20N4O3/c1-15-8-9-20(29-2)18(12-15)23-21(27)14-25-10-11-26-19(22(25)28)13-17(24-26)16-6-4-3-5-7-16/h3-13H,14H2,1-2H3,(H,23,27). The van der Waals surface area contributed by atoms with Gasteiger partial charge in [-0.15, -0.1) is 0 Å². The predicted octanol–water partition coefficient (Wildman–Crippen LogP) is 3.12. The highest BCUT2D eigenvalue weighted by atomic mass is 16.5. The van der Waals surface area contributed by atoms with Gasteiger partial charge in [-0.3, -0.25) is 9.59 Å². The number of nitrogens with zero attached hydrogens (tertiary/aromatic N) is 3. The molecule has 4 rings (SSSR count). The van der Waals surface area contributed by atoms with Crippen molar-refractivity contribution in [2.24, 2.45) is 0 Å². The van der Waals surface area contributed by atoms with Crippen molar-refractivity contribution in [3.8, 4) is 17.0 Å². The topological polar surface area (TPSA) is 77.6 Å². The molecule has 0 bridgehead atoms. The molecule has 0 saturated heterocycles. The molecule has 0 fully saturated rings. The molecule has 4 aromatic rings. The summed E-state index contributed by atoms with van der Waals surface area (Å²) in [6.07, 6.45) is 3.23. The minimum atomic E-state index is -0.317. The molecular formula is C22H20N4O3. The summed E-state index contributed by atoms with van der Waals surface area (Å²) in [6, 6.07) is 16.9. The number of nitrogens with one attached hydrogen (secondary N) is 1. The van der Waals surface area contributed by atoms with Crippen LogP contribution in [-0.4, -0.2) is 27.2 Å². The Balaban J connectivity index is 1.60. The van der Waals surface area contributed by atoms with Crippen LogP contribution in [0.3, 0.4) is 0 Å². The zero-order valence-corrected chi connectivity index (χ0v) is 16.1. The van der Waals surface area contributed by atoms with Crippen LogP contribution in [0.2, 0.25) is 0 Å². The molecule has 0 radical (unpaired) electrons. The lowest BCUT2D eigenvalue weighted by Gasteiger charge is -2.12. The molecule has 0 spiro atoms. The van der Waals surface area contributed by atoms with Crippen LogP contribution in [0.25, 0.3) is 16.8 Å². The molecule has 0 saturated carbocycles. The normalized spacial score (nSPS) is 10.8. The van der Waals surface area contributed by atoms with Gasteiger partial charge < -0.3 is 14.6 Å². The third kappa shape index (κ3) is 3.75. The van der Waals surface area contributed by atoms with E-state index in [-0.39, 0.29) is 18.0 Å². The lowest BCUT2D eigenvalue weighted by Crippen LogP contribution is -2.28. The Morgan fingerprint density at radius 1 is 1.10 bits per heavy atom. The summed E-state index contributed by atoms with van der Waals surface area (Å²) < 4.78 is 8.18. The van der Waals surface area contributed by atoms with E-state index in [4.69, 9.17) is 4.74 Å². The van der Waals surface area contributed by atoms with E-state index in [1.165, 1.54) is 9.08 Å². The summed E-state index contributed by atoms with van der Waals surface area (Å²) in [5, 5.41) is 7.26. The summed E-state index contributed by atoms with van der Waals surface area (Å²) in [4.78, 5) is 25.4. The molecule has 29 heavy (non-hydrogen) atoms. The molecular weight excluding hydrogens is 368 g/mol. The van der Waals surface area contributed by atoms with E-state index in [1.807, 2.05) is 49.4 Å². The Labute approximate surface area is 167 Å². The minimum Gasteiger partial charge on any atom is -0.495 e. The fraction of sp³-hybridized carbons (Fsp3) is 0.136. The number of aromatic nitrogens is 3. The predicted molar refractivity (Wildman–Crippen MR) is 111 cm³/mol. The number of rotatable bonds is 5. The number of carbonyl (C=O) groups is 1. The van der Waals surface area contributed by atoms with Crippen molar-refractivity contribution in [1.29, 1.82) is 0 Å². The quantitative estimate of drug-likeness (QED) is 0.570. The highest BCUT2D eigenvalue weighted by molar-refractivity contribution is 5.92. The summed E-state index contributed by atoms with van der Waals surface area (Å²) in [5.41, 5.74) is 3.32. The highest BCUT2D eigenvalue weighted by Crippen LogP contribution is 2.25. The second-order valence-corrected chi connectivity index (χ2v) is 6.71. The maximum atomic E-state index is 12.8. The molecule has 0 aliphatic heterocycles. The van der Waals surface area contributed by atoms with Crippen LogP contribution >= 0.6 is 0 Å². The molecule has 1 amide bonds. The van der Waals surface area contributed by atoms with E-state index < -0.39 is 0 Å². The van der Waals surface area contributed by atoms with Gasteiger partial charge in [-0.25, -0.2) is 4.52 Å². The van der Waals surface area contributed by atoms with Gasteiger partial charge in [0.2, 0.25) is 5.91 Å². The lowest BCUT2D eigenvalue weighted by molar-refractivity contribution is -0.116. The van der Waals surface area contributed by atoms with Crippen LogP contribution in [0.5, 0.6) is 5.75 Å². The van der Waals surface area contributed by atoms with E-state index in [0.717, 1.165) is 11.1 Å². The Kier molecular flexibility index (Phi) is 4.87. The molecule has 146 valence electrons. The first-order valence-electron chi connectivity index (χ1n) is 9.14. The molecule has 0 aliphatic carbocycles. The zero-order chi connectivity index (χ0) is 20.4. The van der Waals surface area contributed by atoms with Crippen LogP contribution in [0.4, 0.5) is 5.69 Å². The molecule has 7 heteroatoms. The Morgan fingerprint density at radius 3 is 2.66 bits per heavy atom. The number of hydrogen-bond acceptors (Lipinski definition) is 4. The second-order valence-electron chi connectivity index (χ2n) is 6.71. The largest absolute Gasteiger partial charge is 0.495 e. The third-order valence-electron chi connectivity index (χ3n) is 4.62. The van der Waals surface area contributed by atoms with E-state index in [0.29, 0.717) is 22.6 Å². The van der Waals surface area contributed by atoms with E-state index in [2.05, 4.69) is 10.4 Å². The Morgan fingerprint density at radius 2 is 1.90 bits per heavy atom.